The average molecular weight is 364 g/mol. The van der Waals surface area contributed by atoms with E-state index in [-0.39, 0.29) is 18.1 Å². The smallest absolute Gasteiger partial charge is 0.261 e. The molecule has 140 valence electrons. The number of hydrogen-bond donors (Lipinski definition) is 1. The number of rotatable bonds is 5. The quantitative estimate of drug-likeness (QED) is 0.886. The molecule has 5 nitrogen and oxygen atoms in total. The molecule has 2 atom stereocenters. The molecule has 0 aromatic heterocycles. The molecular weight excluding hydrogens is 340 g/mol. The van der Waals surface area contributed by atoms with E-state index in [1.807, 2.05) is 23.1 Å². The van der Waals surface area contributed by atoms with Gasteiger partial charge in [-0.25, -0.2) is 0 Å². The van der Waals surface area contributed by atoms with Crippen molar-refractivity contribution in [3.63, 3.8) is 0 Å². The molecule has 4 rings (SSSR count). The first-order valence-electron chi connectivity index (χ1n) is 9.50. The van der Waals surface area contributed by atoms with Gasteiger partial charge in [0.15, 0.2) is 6.61 Å². The van der Waals surface area contributed by atoms with Crippen molar-refractivity contribution < 1.29 is 14.3 Å². The van der Waals surface area contributed by atoms with Crippen molar-refractivity contribution in [3.05, 3.63) is 65.7 Å². The largest absolute Gasteiger partial charge is 0.484 e. The van der Waals surface area contributed by atoms with E-state index in [0.29, 0.717) is 17.2 Å². The van der Waals surface area contributed by atoms with Gasteiger partial charge in [-0.05, 0) is 42.7 Å². The van der Waals surface area contributed by atoms with E-state index in [4.69, 9.17) is 10.5 Å². The molecule has 2 N–H and O–H groups in total. The molecule has 0 spiro atoms. The van der Waals surface area contributed by atoms with Crippen LogP contribution in [0.15, 0.2) is 54.6 Å². The summed E-state index contributed by atoms with van der Waals surface area (Å²) in [6.07, 6.45) is 4.57. The Kier molecular flexibility index (Phi) is 4.60. The molecule has 27 heavy (non-hydrogen) atoms. The maximum Gasteiger partial charge on any atom is 0.261 e. The highest BCUT2D eigenvalue weighted by atomic mass is 16.5. The zero-order valence-corrected chi connectivity index (χ0v) is 15.3. The van der Waals surface area contributed by atoms with Gasteiger partial charge in [-0.1, -0.05) is 43.2 Å². The van der Waals surface area contributed by atoms with Crippen molar-refractivity contribution in [1.82, 2.24) is 4.90 Å². The molecule has 1 aliphatic carbocycles. The summed E-state index contributed by atoms with van der Waals surface area (Å²) in [6.45, 7) is 0.801. The van der Waals surface area contributed by atoms with Crippen molar-refractivity contribution >= 4 is 11.8 Å². The highest BCUT2D eigenvalue weighted by molar-refractivity contribution is 5.92. The minimum absolute atomic E-state index is 0.00276. The number of benzene rings is 2. The lowest BCUT2D eigenvalue weighted by Gasteiger charge is -2.61. The molecule has 5 heteroatoms. The van der Waals surface area contributed by atoms with Crippen LogP contribution in [0, 0.1) is 5.92 Å². The molecule has 2 aliphatic rings. The maximum absolute atomic E-state index is 12.9. The van der Waals surface area contributed by atoms with Crippen LogP contribution in [0.4, 0.5) is 0 Å². The Bertz CT molecular complexity index is 834. The van der Waals surface area contributed by atoms with Gasteiger partial charge in [0.25, 0.3) is 5.91 Å². The topological polar surface area (TPSA) is 72.6 Å². The highest BCUT2D eigenvalue weighted by Crippen LogP contribution is 2.53. The van der Waals surface area contributed by atoms with Gasteiger partial charge in [0.05, 0.1) is 5.54 Å². The SMILES string of the molecule is NC(=O)c1ccc(OCC(=O)N2CC3CCCCC32c2ccccc2)cc1. The number of ether oxygens (including phenoxy) is 1. The third-order valence-corrected chi connectivity index (χ3v) is 6.00. The van der Waals surface area contributed by atoms with Crippen molar-refractivity contribution in [2.24, 2.45) is 11.7 Å². The first-order valence-corrected chi connectivity index (χ1v) is 9.50. The molecule has 2 fully saturated rings. The molecule has 1 heterocycles. The first-order chi connectivity index (χ1) is 13.1. The normalized spacial score (nSPS) is 23.9. The Labute approximate surface area is 159 Å². The second-order valence-electron chi connectivity index (χ2n) is 7.41. The summed E-state index contributed by atoms with van der Waals surface area (Å²) in [5, 5.41) is 0. The first kappa shape index (κ1) is 17.6. The van der Waals surface area contributed by atoms with E-state index in [1.165, 1.54) is 18.4 Å². The van der Waals surface area contributed by atoms with Gasteiger partial charge in [0.2, 0.25) is 5.91 Å². The molecule has 0 radical (unpaired) electrons. The predicted molar refractivity (Wildman–Crippen MR) is 102 cm³/mol. The third kappa shape index (κ3) is 3.07. The van der Waals surface area contributed by atoms with Crippen molar-refractivity contribution in [2.45, 2.75) is 31.2 Å². The molecule has 2 amide bonds. The van der Waals surface area contributed by atoms with Crippen LogP contribution in [0.25, 0.3) is 0 Å². The van der Waals surface area contributed by atoms with Gasteiger partial charge in [0.1, 0.15) is 5.75 Å². The van der Waals surface area contributed by atoms with E-state index < -0.39 is 5.91 Å². The number of amides is 2. The number of nitrogens with two attached hydrogens (primary N) is 1. The molecule has 2 aromatic carbocycles. The Hall–Kier alpha value is -2.82. The number of carbonyl (C=O) groups excluding carboxylic acids is 2. The minimum Gasteiger partial charge on any atom is -0.484 e. The standard InChI is InChI=1S/C22H24N2O3/c23-21(26)16-9-11-19(12-10-16)27-15-20(25)24-14-18-8-4-5-13-22(18,24)17-6-2-1-3-7-17/h1-3,6-7,9-12,18H,4-5,8,13-15H2,(H2,23,26). The molecular formula is C22H24N2O3. The molecule has 2 aromatic rings. The van der Waals surface area contributed by atoms with Crippen LogP contribution in [-0.4, -0.2) is 29.9 Å². The number of primary amides is 1. The molecule has 1 aliphatic heterocycles. The number of likely N-dealkylation sites (tertiary alicyclic amines) is 1. The summed E-state index contributed by atoms with van der Waals surface area (Å²) < 4.78 is 5.68. The second kappa shape index (κ2) is 7.06. The maximum atomic E-state index is 12.9. The lowest BCUT2D eigenvalue weighted by Crippen LogP contribution is -2.68. The summed E-state index contributed by atoms with van der Waals surface area (Å²) in [6, 6.07) is 16.9. The summed E-state index contributed by atoms with van der Waals surface area (Å²) in [7, 11) is 0. The Balaban J connectivity index is 1.47. The fourth-order valence-corrected chi connectivity index (χ4v) is 4.62. The van der Waals surface area contributed by atoms with Crippen molar-refractivity contribution in [3.8, 4) is 5.75 Å². The van der Waals surface area contributed by atoms with Crippen LogP contribution in [0.3, 0.4) is 0 Å². The van der Waals surface area contributed by atoms with Crippen molar-refractivity contribution in [2.75, 3.05) is 13.2 Å². The number of hydrogen-bond acceptors (Lipinski definition) is 3. The van der Waals surface area contributed by atoms with Gasteiger partial charge in [-0.3, -0.25) is 9.59 Å². The van der Waals surface area contributed by atoms with Crippen LogP contribution >= 0.6 is 0 Å². The van der Waals surface area contributed by atoms with E-state index in [9.17, 15) is 9.59 Å². The fourth-order valence-electron chi connectivity index (χ4n) is 4.62. The molecule has 1 saturated heterocycles. The van der Waals surface area contributed by atoms with Crippen molar-refractivity contribution in [1.29, 1.82) is 0 Å². The average Bonchev–Trinajstić information content (AvgIpc) is 2.68. The van der Waals surface area contributed by atoms with E-state index in [0.717, 1.165) is 19.4 Å². The van der Waals surface area contributed by atoms with Crippen LogP contribution in [-0.2, 0) is 10.3 Å². The van der Waals surface area contributed by atoms with Crippen LogP contribution in [0.5, 0.6) is 5.75 Å². The summed E-state index contributed by atoms with van der Waals surface area (Å²) in [4.78, 5) is 26.1. The Morgan fingerprint density at radius 3 is 2.48 bits per heavy atom. The summed E-state index contributed by atoms with van der Waals surface area (Å²) in [5.74, 6) is 0.623. The van der Waals surface area contributed by atoms with Gasteiger partial charge in [-0.15, -0.1) is 0 Å². The third-order valence-electron chi connectivity index (χ3n) is 6.00. The molecule has 1 saturated carbocycles. The zero-order chi connectivity index (χ0) is 18.9. The monoisotopic (exact) mass is 364 g/mol. The lowest BCUT2D eigenvalue weighted by molar-refractivity contribution is -0.168. The lowest BCUT2D eigenvalue weighted by atomic mass is 9.61. The number of carbonyl (C=O) groups is 2. The Morgan fingerprint density at radius 1 is 1.07 bits per heavy atom. The number of nitrogens with zero attached hydrogens (tertiary/aromatic N) is 1. The fraction of sp³-hybridized carbons (Fsp3) is 0.364. The van der Waals surface area contributed by atoms with Gasteiger partial charge in [0, 0.05) is 18.0 Å². The Morgan fingerprint density at radius 2 is 1.81 bits per heavy atom. The summed E-state index contributed by atoms with van der Waals surface area (Å²) >= 11 is 0. The molecule has 2 unspecified atom stereocenters. The predicted octanol–water partition coefficient (Wildman–Crippen LogP) is 3.09. The zero-order valence-electron chi connectivity index (χ0n) is 15.3. The van der Waals surface area contributed by atoms with E-state index in [2.05, 4.69) is 12.1 Å². The van der Waals surface area contributed by atoms with Gasteiger partial charge in [-0.2, -0.15) is 0 Å². The number of fused-ring (bicyclic) bond motifs is 1. The minimum atomic E-state index is -0.480. The van der Waals surface area contributed by atoms with Gasteiger partial charge >= 0.3 is 0 Å². The second-order valence-corrected chi connectivity index (χ2v) is 7.41. The van der Waals surface area contributed by atoms with E-state index in [1.54, 1.807) is 24.3 Å². The molecule has 0 bridgehead atoms. The van der Waals surface area contributed by atoms with Gasteiger partial charge < -0.3 is 15.4 Å². The van der Waals surface area contributed by atoms with Crippen LogP contribution in [0.2, 0.25) is 0 Å². The summed E-state index contributed by atoms with van der Waals surface area (Å²) in [5.41, 5.74) is 6.73. The van der Waals surface area contributed by atoms with Crippen LogP contribution in [0.1, 0.15) is 41.6 Å². The highest BCUT2D eigenvalue weighted by Gasteiger charge is 2.56. The van der Waals surface area contributed by atoms with Crippen LogP contribution < -0.4 is 10.5 Å². The van der Waals surface area contributed by atoms with E-state index >= 15 is 0 Å².